The van der Waals surface area contributed by atoms with E-state index < -0.39 is 0 Å². The van der Waals surface area contributed by atoms with Gasteiger partial charge in [0.2, 0.25) is 0 Å². The normalized spacial score (nSPS) is 50.1. The Balaban J connectivity index is 2.30. The summed E-state index contributed by atoms with van der Waals surface area (Å²) in [5.74, 6) is 1.67. The maximum absolute atomic E-state index is 3.90. The van der Waals surface area contributed by atoms with Gasteiger partial charge < -0.3 is 0 Å². The Bertz CT molecular complexity index is 190. The summed E-state index contributed by atoms with van der Waals surface area (Å²) in [4.78, 5) is 0. The third-order valence-corrected chi connectivity index (χ3v) is 3.19. The predicted molar refractivity (Wildman–Crippen MR) is 43.7 cm³/mol. The molecule has 0 aromatic rings. The first kappa shape index (κ1) is 6.21. The molecule has 3 atom stereocenters. The molecule has 0 radical (unpaired) electrons. The monoisotopic (exact) mass is 134 g/mol. The van der Waals surface area contributed by atoms with Crippen LogP contribution in [0.15, 0.2) is 24.8 Å². The van der Waals surface area contributed by atoms with Gasteiger partial charge in [0.1, 0.15) is 0 Å². The fourth-order valence-corrected chi connectivity index (χ4v) is 2.37. The molecule has 2 aliphatic carbocycles. The number of hydrogen-bond acceptors (Lipinski definition) is 0. The van der Waals surface area contributed by atoms with Crippen molar-refractivity contribution in [3.05, 3.63) is 24.8 Å². The van der Waals surface area contributed by atoms with Gasteiger partial charge in [-0.05, 0) is 30.1 Å². The number of rotatable bonds is 1. The van der Waals surface area contributed by atoms with E-state index in [0.29, 0.717) is 5.41 Å². The molecule has 2 rings (SSSR count). The van der Waals surface area contributed by atoms with Gasteiger partial charge in [0, 0.05) is 0 Å². The quantitative estimate of drug-likeness (QED) is 0.484. The first-order valence-corrected chi connectivity index (χ1v) is 4.06. The fourth-order valence-electron chi connectivity index (χ4n) is 2.37. The van der Waals surface area contributed by atoms with E-state index in [4.69, 9.17) is 0 Å². The van der Waals surface area contributed by atoms with Gasteiger partial charge in [-0.25, -0.2) is 0 Å². The number of allylic oxidation sites excluding steroid dienone is 3. The maximum atomic E-state index is 3.90. The van der Waals surface area contributed by atoms with E-state index in [2.05, 4.69) is 31.7 Å². The van der Waals surface area contributed by atoms with Crippen molar-refractivity contribution in [2.45, 2.75) is 19.8 Å². The fraction of sp³-hybridized carbons (Fsp3) is 0.600. The van der Waals surface area contributed by atoms with Crippen LogP contribution in [0, 0.1) is 17.3 Å². The van der Waals surface area contributed by atoms with Crippen molar-refractivity contribution in [2.75, 3.05) is 0 Å². The van der Waals surface area contributed by atoms with E-state index in [1.165, 1.54) is 12.8 Å². The van der Waals surface area contributed by atoms with Gasteiger partial charge in [-0.2, -0.15) is 0 Å². The van der Waals surface area contributed by atoms with Crippen molar-refractivity contribution < 1.29 is 0 Å². The Hall–Kier alpha value is -0.520. The van der Waals surface area contributed by atoms with Crippen LogP contribution in [0.1, 0.15) is 19.8 Å². The molecule has 0 heteroatoms. The van der Waals surface area contributed by atoms with Crippen LogP contribution in [-0.2, 0) is 0 Å². The maximum Gasteiger partial charge on any atom is -0.00807 e. The highest BCUT2D eigenvalue weighted by atomic mass is 14.5. The molecule has 1 fully saturated rings. The minimum atomic E-state index is 0.430. The van der Waals surface area contributed by atoms with Gasteiger partial charge in [0.15, 0.2) is 0 Å². The molecule has 10 heavy (non-hydrogen) atoms. The lowest BCUT2D eigenvalue weighted by Gasteiger charge is -2.26. The van der Waals surface area contributed by atoms with Crippen LogP contribution in [0.3, 0.4) is 0 Å². The summed E-state index contributed by atoms with van der Waals surface area (Å²) >= 11 is 0. The largest absolute Gasteiger partial charge is 0.103 e. The van der Waals surface area contributed by atoms with Crippen molar-refractivity contribution in [3.8, 4) is 0 Å². The van der Waals surface area contributed by atoms with Crippen LogP contribution >= 0.6 is 0 Å². The van der Waals surface area contributed by atoms with E-state index >= 15 is 0 Å². The summed E-state index contributed by atoms with van der Waals surface area (Å²) in [6.07, 6.45) is 9.59. The van der Waals surface area contributed by atoms with E-state index in [-0.39, 0.29) is 0 Å². The lowest BCUT2D eigenvalue weighted by molar-refractivity contribution is 0.354. The smallest absolute Gasteiger partial charge is 0.00807 e. The summed E-state index contributed by atoms with van der Waals surface area (Å²) in [5, 5.41) is 0. The van der Waals surface area contributed by atoms with Crippen molar-refractivity contribution >= 4 is 0 Å². The topological polar surface area (TPSA) is 0 Å². The Morgan fingerprint density at radius 1 is 1.60 bits per heavy atom. The highest BCUT2D eigenvalue weighted by molar-refractivity contribution is 5.18. The van der Waals surface area contributed by atoms with Crippen molar-refractivity contribution in [1.29, 1.82) is 0 Å². The Morgan fingerprint density at radius 3 is 2.70 bits per heavy atom. The molecule has 0 aromatic heterocycles. The first-order chi connectivity index (χ1) is 4.74. The molecular weight excluding hydrogens is 120 g/mol. The standard InChI is InChI=1S/C10H14/c1-3-10(2)7-8-4-5-9(10)6-8/h3-5,8-9H,1,6-7H2,2H3/t8-,9+,10-/m1/s1. The molecule has 2 bridgehead atoms. The van der Waals surface area contributed by atoms with Gasteiger partial charge >= 0.3 is 0 Å². The summed E-state index contributed by atoms with van der Waals surface area (Å²) < 4.78 is 0. The molecular formula is C10H14. The first-order valence-electron chi connectivity index (χ1n) is 4.06. The van der Waals surface area contributed by atoms with Gasteiger partial charge in [-0.15, -0.1) is 6.58 Å². The molecule has 0 aromatic carbocycles. The minimum Gasteiger partial charge on any atom is -0.103 e. The molecule has 0 aliphatic heterocycles. The Kier molecular flexibility index (Phi) is 1.08. The molecule has 0 unspecified atom stereocenters. The zero-order valence-electron chi connectivity index (χ0n) is 6.51. The van der Waals surface area contributed by atoms with Crippen molar-refractivity contribution in [2.24, 2.45) is 17.3 Å². The molecule has 2 aliphatic rings. The number of hydrogen-bond donors (Lipinski definition) is 0. The third-order valence-electron chi connectivity index (χ3n) is 3.19. The van der Waals surface area contributed by atoms with E-state index in [1.54, 1.807) is 0 Å². The molecule has 0 nitrogen and oxygen atoms in total. The van der Waals surface area contributed by atoms with Gasteiger partial charge in [0.05, 0.1) is 0 Å². The summed E-state index contributed by atoms with van der Waals surface area (Å²) in [7, 11) is 0. The van der Waals surface area contributed by atoms with Crippen LogP contribution < -0.4 is 0 Å². The van der Waals surface area contributed by atoms with E-state index in [1.807, 2.05) is 0 Å². The summed E-state index contributed by atoms with van der Waals surface area (Å²) in [6.45, 7) is 6.23. The highest BCUT2D eigenvalue weighted by Gasteiger charge is 2.42. The van der Waals surface area contributed by atoms with Crippen LogP contribution in [0.25, 0.3) is 0 Å². The summed E-state index contributed by atoms with van der Waals surface area (Å²) in [5.41, 5.74) is 0.430. The molecule has 54 valence electrons. The van der Waals surface area contributed by atoms with Crippen LogP contribution in [0.5, 0.6) is 0 Å². The second kappa shape index (κ2) is 1.75. The average Bonchev–Trinajstić information content (AvgIpc) is 2.46. The van der Waals surface area contributed by atoms with E-state index in [9.17, 15) is 0 Å². The lowest BCUT2D eigenvalue weighted by Crippen LogP contribution is -2.17. The van der Waals surface area contributed by atoms with Crippen LogP contribution in [-0.4, -0.2) is 0 Å². The average molecular weight is 134 g/mol. The lowest BCUT2D eigenvalue weighted by atomic mass is 9.78. The van der Waals surface area contributed by atoms with Gasteiger partial charge in [0.25, 0.3) is 0 Å². The third kappa shape index (κ3) is 0.622. The van der Waals surface area contributed by atoms with E-state index in [0.717, 1.165) is 11.8 Å². The Morgan fingerprint density at radius 2 is 2.40 bits per heavy atom. The van der Waals surface area contributed by atoms with Crippen LogP contribution in [0.4, 0.5) is 0 Å². The van der Waals surface area contributed by atoms with Crippen LogP contribution in [0.2, 0.25) is 0 Å². The zero-order chi connectivity index (χ0) is 7.19. The van der Waals surface area contributed by atoms with Crippen molar-refractivity contribution in [1.82, 2.24) is 0 Å². The van der Waals surface area contributed by atoms with Gasteiger partial charge in [-0.3, -0.25) is 0 Å². The second-order valence-corrected chi connectivity index (χ2v) is 3.90. The minimum absolute atomic E-state index is 0.430. The predicted octanol–water partition coefficient (Wildman–Crippen LogP) is 2.77. The SMILES string of the molecule is C=C[C@]1(C)C[C@@H]2C=C[C@H]1C2. The highest BCUT2D eigenvalue weighted by Crippen LogP contribution is 2.52. The number of fused-ring (bicyclic) bond motifs is 2. The molecule has 0 spiro atoms. The second-order valence-electron chi connectivity index (χ2n) is 3.90. The Labute approximate surface area is 62.6 Å². The molecule has 1 saturated carbocycles. The molecule has 0 N–H and O–H groups in total. The van der Waals surface area contributed by atoms with Gasteiger partial charge in [-0.1, -0.05) is 25.2 Å². The van der Waals surface area contributed by atoms with Crippen molar-refractivity contribution in [3.63, 3.8) is 0 Å². The molecule has 0 amide bonds. The summed E-state index contributed by atoms with van der Waals surface area (Å²) in [6, 6.07) is 0. The molecule has 0 heterocycles. The molecule has 0 saturated heterocycles. The zero-order valence-corrected chi connectivity index (χ0v) is 6.51.